The molecule has 0 saturated carbocycles. The summed E-state index contributed by atoms with van der Waals surface area (Å²) in [6.07, 6.45) is 0. The first kappa shape index (κ1) is 23.7. The Kier molecular flexibility index (Phi) is 7.76. The second-order valence-corrected chi connectivity index (χ2v) is 9.15. The zero-order valence-electron chi connectivity index (χ0n) is 19.1. The fraction of sp³-hybridized carbons (Fsp3) is 0.200. The van der Waals surface area contributed by atoms with Gasteiger partial charge in [-0.15, -0.1) is 21.5 Å². The molecule has 7 nitrogen and oxygen atoms in total. The molecule has 2 aromatic carbocycles. The molecule has 0 fully saturated rings. The van der Waals surface area contributed by atoms with Crippen molar-refractivity contribution in [2.24, 2.45) is 0 Å². The van der Waals surface area contributed by atoms with Crippen molar-refractivity contribution in [2.45, 2.75) is 18.9 Å². The Labute approximate surface area is 206 Å². The van der Waals surface area contributed by atoms with Crippen molar-refractivity contribution in [1.82, 2.24) is 15.2 Å². The van der Waals surface area contributed by atoms with Gasteiger partial charge in [-0.25, -0.2) is 4.98 Å². The lowest BCUT2D eigenvalue weighted by Crippen LogP contribution is -2.15. The summed E-state index contributed by atoms with van der Waals surface area (Å²) in [6.45, 7) is 4.40. The molecule has 9 heteroatoms. The number of hydrogen-bond acceptors (Lipinski definition) is 8. The van der Waals surface area contributed by atoms with Gasteiger partial charge in [-0.05, 0) is 50.2 Å². The number of rotatable bonds is 9. The number of methoxy groups -OCH3 is 1. The van der Waals surface area contributed by atoms with Gasteiger partial charge in [0, 0.05) is 0 Å². The Morgan fingerprint density at radius 3 is 2.53 bits per heavy atom. The lowest BCUT2D eigenvalue weighted by molar-refractivity contribution is -0.113. The Hall–Kier alpha value is -3.43. The van der Waals surface area contributed by atoms with Gasteiger partial charge in [-0.2, -0.15) is 0 Å². The monoisotopic (exact) mass is 492 g/mol. The van der Waals surface area contributed by atoms with Crippen molar-refractivity contribution in [3.8, 4) is 32.6 Å². The highest BCUT2D eigenvalue weighted by atomic mass is 32.2. The molecule has 0 aliphatic carbocycles. The largest absolute Gasteiger partial charge is 0.496 e. The van der Waals surface area contributed by atoms with Gasteiger partial charge in [0.05, 0.1) is 41.3 Å². The van der Waals surface area contributed by atoms with E-state index in [4.69, 9.17) is 14.5 Å². The molecule has 34 heavy (non-hydrogen) atoms. The van der Waals surface area contributed by atoms with E-state index in [9.17, 15) is 4.79 Å². The molecular weight excluding hydrogens is 468 g/mol. The van der Waals surface area contributed by atoms with Gasteiger partial charge in [-0.3, -0.25) is 4.79 Å². The average Bonchev–Trinajstić information content (AvgIpc) is 3.25. The highest BCUT2D eigenvalue weighted by Gasteiger charge is 2.16. The summed E-state index contributed by atoms with van der Waals surface area (Å²) < 4.78 is 11.0. The third-order valence-electron chi connectivity index (χ3n) is 4.82. The second kappa shape index (κ2) is 11.1. The van der Waals surface area contributed by atoms with Gasteiger partial charge in [0.2, 0.25) is 5.91 Å². The van der Waals surface area contributed by atoms with E-state index >= 15 is 0 Å². The van der Waals surface area contributed by atoms with Crippen LogP contribution in [0.3, 0.4) is 0 Å². The molecular formula is C25H24N4O3S2. The van der Waals surface area contributed by atoms with Gasteiger partial charge in [0.15, 0.2) is 0 Å². The Bertz CT molecular complexity index is 1280. The standard InChI is InChI=1S/C25H24N4O3S2/c1-4-32-21-12-8-6-10-18(21)27-22(30)15-33-23-14-13-19(28-29-23)24-16(2)26-25(34-24)17-9-5-7-11-20(17)31-3/h5-14H,4,15H2,1-3H3,(H,27,30). The third-order valence-corrected chi connectivity index (χ3v) is 6.95. The number of hydrogen-bond donors (Lipinski definition) is 1. The van der Waals surface area contributed by atoms with Crippen LogP contribution in [-0.2, 0) is 4.79 Å². The molecule has 2 heterocycles. The number of anilines is 1. The molecule has 0 atom stereocenters. The lowest BCUT2D eigenvalue weighted by Gasteiger charge is -2.10. The number of thioether (sulfide) groups is 1. The van der Waals surface area contributed by atoms with Crippen LogP contribution in [-0.4, -0.2) is 40.6 Å². The van der Waals surface area contributed by atoms with E-state index in [1.165, 1.54) is 11.8 Å². The van der Waals surface area contributed by atoms with Gasteiger partial charge >= 0.3 is 0 Å². The third kappa shape index (κ3) is 5.55. The lowest BCUT2D eigenvalue weighted by atomic mass is 10.2. The fourth-order valence-electron chi connectivity index (χ4n) is 3.27. The van der Waals surface area contributed by atoms with E-state index in [0.717, 1.165) is 32.6 Å². The van der Waals surface area contributed by atoms with Crippen LogP contribution in [0.2, 0.25) is 0 Å². The molecule has 0 spiro atoms. The number of benzene rings is 2. The number of carbonyl (C=O) groups excluding carboxylic acids is 1. The van der Waals surface area contributed by atoms with Crippen molar-refractivity contribution in [3.05, 3.63) is 66.4 Å². The molecule has 4 aromatic rings. The highest BCUT2D eigenvalue weighted by Crippen LogP contribution is 2.38. The minimum Gasteiger partial charge on any atom is -0.496 e. The first-order valence-corrected chi connectivity index (χ1v) is 12.5. The maximum absolute atomic E-state index is 12.4. The summed E-state index contributed by atoms with van der Waals surface area (Å²) >= 11 is 2.88. The van der Waals surface area contributed by atoms with Crippen molar-refractivity contribution < 1.29 is 14.3 Å². The molecule has 0 unspecified atom stereocenters. The van der Waals surface area contributed by atoms with Crippen LogP contribution >= 0.6 is 23.1 Å². The fourth-order valence-corrected chi connectivity index (χ4v) is 4.94. The van der Waals surface area contributed by atoms with E-state index in [1.807, 2.05) is 74.5 Å². The Morgan fingerprint density at radius 2 is 1.79 bits per heavy atom. The number of amides is 1. The van der Waals surface area contributed by atoms with E-state index < -0.39 is 0 Å². The summed E-state index contributed by atoms with van der Waals surface area (Å²) in [7, 11) is 1.65. The first-order valence-electron chi connectivity index (χ1n) is 10.7. The Balaban J connectivity index is 1.41. The van der Waals surface area contributed by atoms with Gasteiger partial charge in [0.1, 0.15) is 27.2 Å². The van der Waals surface area contributed by atoms with E-state index in [2.05, 4.69) is 15.5 Å². The molecule has 1 N–H and O–H groups in total. The number of nitrogens with one attached hydrogen (secondary N) is 1. The van der Waals surface area contributed by atoms with Gasteiger partial charge < -0.3 is 14.8 Å². The summed E-state index contributed by atoms with van der Waals surface area (Å²) in [5.41, 5.74) is 3.23. The molecule has 1 amide bonds. The number of nitrogens with zero attached hydrogens (tertiary/aromatic N) is 3. The minimum atomic E-state index is -0.136. The van der Waals surface area contributed by atoms with E-state index in [0.29, 0.717) is 23.1 Å². The topological polar surface area (TPSA) is 86.2 Å². The van der Waals surface area contributed by atoms with Crippen molar-refractivity contribution in [3.63, 3.8) is 0 Å². The molecule has 2 aromatic heterocycles. The van der Waals surface area contributed by atoms with Crippen LogP contribution in [0.1, 0.15) is 12.6 Å². The van der Waals surface area contributed by atoms with Crippen LogP contribution in [0.25, 0.3) is 21.1 Å². The number of para-hydroxylation sites is 3. The quantitative estimate of drug-likeness (QED) is 0.299. The zero-order valence-corrected chi connectivity index (χ0v) is 20.7. The van der Waals surface area contributed by atoms with Crippen molar-refractivity contribution in [1.29, 1.82) is 0 Å². The predicted octanol–water partition coefficient (Wildman–Crippen LogP) is 5.71. The predicted molar refractivity (Wildman–Crippen MR) is 137 cm³/mol. The van der Waals surface area contributed by atoms with Gasteiger partial charge in [0.25, 0.3) is 0 Å². The van der Waals surface area contributed by atoms with Crippen LogP contribution in [0.15, 0.2) is 65.7 Å². The van der Waals surface area contributed by atoms with Crippen molar-refractivity contribution >= 4 is 34.7 Å². The minimum absolute atomic E-state index is 0.136. The van der Waals surface area contributed by atoms with Crippen LogP contribution < -0.4 is 14.8 Å². The number of thiazole rings is 1. The number of aromatic nitrogens is 3. The summed E-state index contributed by atoms with van der Waals surface area (Å²) in [5.74, 6) is 1.51. The Morgan fingerprint density at radius 1 is 1.03 bits per heavy atom. The molecule has 0 saturated heterocycles. The smallest absolute Gasteiger partial charge is 0.234 e. The molecule has 174 valence electrons. The van der Waals surface area contributed by atoms with Crippen molar-refractivity contribution in [2.75, 3.05) is 24.8 Å². The SMILES string of the molecule is CCOc1ccccc1NC(=O)CSc1ccc(-c2sc(-c3ccccc3OC)nc2C)nn1. The highest BCUT2D eigenvalue weighted by molar-refractivity contribution is 7.99. The molecule has 0 aliphatic rings. The number of carbonyl (C=O) groups is 1. The second-order valence-electron chi connectivity index (χ2n) is 7.16. The molecule has 0 aliphatic heterocycles. The maximum Gasteiger partial charge on any atom is 0.234 e. The van der Waals surface area contributed by atoms with Crippen LogP contribution in [0, 0.1) is 6.92 Å². The molecule has 0 bridgehead atoms. The zero-order chi connectivity index (χ0) is 23.9. The maximum atomic E-state index is 12.4. The van der Waals surface area contributed by atoms with E-state index in [-0.39, 0.29) is 11.7 Å². The number of ether oxygens (including phenoxy) is 2. The van der Waals surface area contributed by atoms with Crippen LogP contribution in [0.5, 0.6) is 11.5 Å². The summed E-state index contributed by atoms with van der Waals surface area (Å²) in [5, 5.41) is 13.1. The molecule has 4 rings (SSSR count). The summed E-state index contributed by atoms with van der Waals surface area (Å²) in [6, 6.07) is 19.0. The van der Waals surface area contributed by atoms with E-state index in [1.54, 1.807) is 18.4 Å². The average molecular weight is 493 g/mol. The van der Waals surface area contributed by atoms with Crippen LogP contribution in [0.4, 0.5) is 5.69 Å². The molecule has 0 radical (unpaired) electrons. The first-order chi connectivity index (χ1) is 16.6. The summed E-state index contributed by atoms with van der Waals surface area (Å²) in [4.78, 5) is 18.1. The number of aryl methyl sites for hydroxylation is 1. The van der Waals surface area contributed by atoms with Gasteiger partial charge in [-0.1, -0.05) is 36.0 Å². The normalized spacial score (nSPS) is 10.7.